The first-order valence-electron chi connectivity index (χ1n) is 7.75. The third-order valence-corrected chi connectivity index (χ3v) is 5.10. The van der Waals surface area contributed by atoms with Gasteiger partial charge in [0.05, 0.1) is 18.1 Å². The summed E-state index contributed by atoms with van der Waals surface area (Å²) in [6, 6.07) is 0. The van der Waals surface area contributed by atoms with Gasteiger partial charge in [-0.15, -0.1) is 0 Å². The van der Waals surface area contributed by atoms with Crippen LogP contribution in [-0.2, 0) is 9.53 Å². The molecule has 5 nitrogen and oxygen atoms in total. The molecule has 1 heterocycles. The summed E-state index contributed by atoms with van der Waals surface area (Å²) >= 11 is 0. The van der Waals surface area contributed by atoms with Crippen LogP contribution in [0.2, 0.25) is 0 Å². The summed E-state index contributed by atoms with van der Waals surface area (Å²) < 4.78 is 5.72. The SMILES string of the molecule is O=C(N1CC(O)C1)C12CC(COCCCCCO)(C1)C2. The van der Waals surface area contributed by atoms with Crippen molar-refractivity contribution in [2.24, 2.45) is 10.8 Å². The number of rotatable bonds is 8. The highest BCUT2D eigenvalue weighted by Gasteiger charge is 2.72. The first kappa shape index (κ1) is 14.3. The Morgan fingerprint density at radius 2 is 1.90 bits per heavy atom. The maximum absolute atomic E-state index is 12.3. The minimum absolute atomic E-state index is 0.0968. The van der Waals surface area contributed by atoms with Crippen molar-refractivity contribution in [1.29, 1.82) is 0 Å². The van der Waals surface area contributed by atoms with Crippen molar-refractivity contribution in [3.8, 4) is 0 Å². The Morgan fingerprint density at radius 1 is 1.20 bits per heavy atom. The molecule has 4 rings (SSSR count). The summed E-state index contributed by atoms with van der Waals surface area (Å²) in [6.45, 7) is 2.86. The van der Waals surface area contributed by atoms with Gasteiger partial charge in [-0.25, -0.2) is 0 Å². The average molecular weight is 283 g/mol. The number of nitrogens with zero attached hydrogens (tertiary/aromatic N) is 1. The van der Waals surface area contributed by atoms with E-state index in [1.165, 1.54) is 0 Å². The van der Waals surface area contributed by atoms with E-state index in [4.69, 9.17) is 9.84 Å². The topological polar surface area (TPSA) is 70.0 Å². The minimum atomic E-state index is -0.303. The lowest BCUT2D eigenvalue weighted by Gasteiger charge is -2.70. The number of ether oxygens (including phenoxy) is 1. The molecule has 0 atom stereocenters. The van der Waals surface area contributed by atoms with Gasteiger partial charge in [0.25, 0.3) is 0 Å². The predicted octanol–water partition coefficient (Wildman–Crippen LogP) is 0.539. The van der Waals surface area contributed by atoms with E-state index < -0.39 is 0 Å². The minimum Gasteiger partial charge on any atom is -0.396 e. The van der Waals surface area contributed by atoms with Crippen LogP contribution in [0.3, 0.4) is 0 Å². The van der Waals surface area contributed by atoms with E-state index in [2.05, 4.69) is 0 Å². The van der Waals surface area contributed by atoms with Gasteiger partial charge in [0, 0.05) is 26.3 Å². The second-order valence-corrected chi connectivity index (χ2v) is 7.01. The number of likely N-dealkylation sites (tertiary alicyclic amines) is 1. The molecule has 2 bridgehead atoms. The van der Waals surface area contributed by atoms with E-state index in [1.807, 2.05) is 0 Å². The van der Waals surface area contributed by atoms with Crippen molar-refractivity contribution < 1.29 is 19.7 Å². The van der Waals surface area contributed by atoms with Gasteiger partial charge in [0.1, 0.15) is 0 Å². The lowest BCUT2D eigenvalue weighted by atomic mass is 9.35. The van der Waals surface area contributed by atoms with Gasteiger partial charge in [-0.1, -0.05) is 0 Å². The summed E-state index contributed by atoms with van der Waals surface area (Å²) in [5, 5.41) is 17.9. The van der Waals surface area contributed by atoms with E-state index in [-0.39, 0.29) is 29.4 Å². The molecular weight excluding hydrogens is 258 g/mol. The summed E-state index contributed by atoms with van der Waals surface area (Å²) in [7, 11) is 0. The summed E-state index contributed by atoms with van der Waals surface area (Å²) in [5.41, 5.74) is 0.177. The van der Waals surface area contributed by atoms with Gasteiger partial charge in [0.2, 0.25) is 5.91 Å². The zero-order valence-corrected chi connectivity index (χ0v) is 12.0. The van der Waals surface area contributed by atoms with Crippen LogP contribution in [0.5, 0.6) is 0 Å². The highest BCUT2D eigenvalue weighted by Crippen LogP contribution is 2.74. The molecule has 1 amide bonds. The smallest absolute Gasteiger partial charge is 0.229 e. The molecule has 1 aliphatic heterocycles. The summed E-state index contributed by atoms with van der Waals surface area (Å²) in [5.74, 6) is 0.257. The predicted molar refractivity (Wildman–Crippen MR) is 73.1 cm³/mol. The standard InChI is InChI=1S/C15H25NO4/c17-4-2-1-3-5-20-11-14-8-15(9-14,10-14)13(19)16-6-12(18)7-16/h12,17-18H,1-11H2. The van der Waals surface area contributed by atoms with E-state index in [9.17, 15) is 9.90 Å². The lowest BCUT2D eigenvalue weighted by Crippen LogP contribution is -2.72. The molecule has 0 radical (unpaired) electrons. The molecule has 0 aromatic heterocycles. The number of aliphatic hydroxyl groups is 2. The van der Waals surface area contributed by atoms with Crippen molar-refractivity contribution in [3.05, 3.63) is 0 Å². The monoisotopic (exact) mass is 283 g/mol. The second kappa shape index (κ2) is 5.28. The zero-order valence-electron chi connectivity index (χ0n) is 12.0. The highest BCUT2D eigenvalue weighted by molar-refractivity contribution is 5.87. The van der Waals surface area contributed by atoms with Gasteiger partial charge in [0.15, 0.2) is 0 Å². The largest absolute Gasteiger partial charge is 0.396 e. The third kappa shape index (κ3) is 2.36. The zero-order chi connectivity index (χ0) is 14.2. The third-order valence-electron chi connectivity index (χ3n) is 5.10. The number of carbonyl (C=O) groups is 1. The van der Waals surface area contributed by atoms with Crippen molar-refractivity contribution in [2.75, 3.05) is 32.9 Å². The van der Waals surface area contributed by atoms with Crippen molar-refractivity contribution in [1.82, 2.24) is 4.90 Å². The van der Waals surface area contributed by atoms with Crippen LogP contribution in [0.25, 0.3) is 0 Å². The van der Waals surface area contributed by atoms with Crippen molar-refractivity contribution in [2.45, 2.75) is 44.6 Å². The van der Waals surface area contributed by atoms with Crippen LogP contribution in [0.1, 0.15) is 38.5 Å². The maximum Gasteiger partial charge on any atom is 0.229 e. The molecular formula is C15H25NO4. The maximum atomic E-state index is 12.3. The van der Waals surface area contributed by atoms with Crippen molar-refractivity contribution >= 4 is 5.91 Å². The van der Waals surface area contributed by atoms with Crippen LogP contribution in [-0.4, -0.2) is 60.0 Å². The van der Waals surface area contributed by atoms with Gasteiger partial charge < -0.3 is 19.8 Å². The molecule has 0 spiro atoms. The molecule has 4 fully saturated rings. The Hall–Kier alpha value is -0.650. The highest BCUT2D eigenvalue weighted by atomic mass is 16.5. The molecule has 3 saturated carbocycles. The van der Waals surface area contributed by atoms with Crippen LogP contribution in [0.4, 0.5) is 0 Å². The Kier molecular flexibility index (Phi) is 3.77. The molecule has 0 aromatic rings. The van der Waals surface area contributed by atoms with Gasteiger partial charge in [-0.3, -0.25) is 4.79 Å². The molecule has 0 aromatic carbocycles. The number of hydrogen-bond donors (Lipinski definition) is 2. The Morgan fingerprint density at radius 3 is 2.50 bits per heavy atom. The fourth-order valence-corrected chi connectivity index (χ4v) is 4.12. The molecule has 4 aliphatic rings. The molecule has 114 valence electrons. The van der Waals surface area contributed by atoms with Crippen LogP contribution in [0, 0.1) is 10.8 Å². The Balaban J connectivity index is 1.31. The number of amides is 1. The van der Waals surface area contributed by atoms with E-state index in [0.29, 0.717) is 13.1 Å². The number of β-amino-alcohol motifs (C(OH)–C–C–N with tert-alkyl or cyclic N) is 1. The lowest BCUT2D eigenvalue weighted by molar-refractivity contribution is -0.238. The fourth-order valence-electron chi connectivity index (χ4n) is 4.12. The normalized spacial score (nSPS) is 35.2. The van der Waals surface area contributed by atoms with Crippen LogP contribution < -0.4 is 0 Å². The van der Waals surface area contributed by atoms with Gasteiger partial charge in [-0.2, -0.15) is 0 Å². The van der Waals surface area contributed by atoms with E-state index in [0.717, 1.165) is 51.7 Å². The second-order valence-electron chi connectivity index (χ2n) is 7.01. The summed E-state index contributed by atoms with van der Waals surface area (Å²) in [6.07, 6.45) is 5.50. The van der Waals surface area contributed by atoms with Gasteiger partial charge >= 0.3 is 0 Å². The van der Waals surface area contributed by atoms with Crippen molar-refractivity contribution in [3.63, 3.8) is 0 Å². The quantitative estimate of drug-likeness (QED) is 0.638. The van der Waals surface area contributed by atoms with E-state index >= 15 is 0 Å². The number of carbonyl (C=O) groups excluding carboxylic acids is 1. The van der Waals surface area contributed by atoms with Crippen LogP contribution in [0.15, 0.2) is 0 Å². The Labute approximate surface area is 119 Å². The average Bonchev–Trinajstić information content (AvgIpc) is 2.29. The Bertz CT molecular complexity index is 358. The molecule has 1 saturated heterocycles. The number of unbranched alkanes of at least 4 members (excludes halogenated alkanes) is 2. The molecule has 3 aliphatic carbocycles. The number of hydrogen-bond acceptors (Lipinski definition) is 4. The molecule has 5 heteroatoms. The number of aliphatic hydroxyl groups excluding tert-OH is 2. The first-order valence-corrected chi connectivity index (χ1v) is 7.75. The molecule has 0 unspecified atom stereocenters. The van der Waals surface area contributed by atoms with Gasteiger partial charge in [-0.05, 0) is 43.9 Å². The fraction of sp³-hybridized carbons (Fsp3) is 0.933. The summed E-state index contributed by atoms with van der Waals surface area (Å²) in [4.78, 5) is 14.0. The molecule has 20 heavy (non-hydrogen) atoms. The van der Waals surface area contributed by atoms with Crippen LogP contribution >= 0.6 is 0 Å². The first-order chi connectivity index (χ1) is 9.59. The van der Waals surface area contributed by atoms with E-state index in [1.54, 1.807) is 4.90 Å². The molecule has 2 N–H and O–H groups in total.